The predicted octanol–water partition coefficient (Wildman–Crippen LogP) is 2.66. The number of carbonyl (C=O) groups excluding carboxylic acids is 1. The molecule has 0 radical (unpaired) electrons. The molecule has 2 rings (SSSR count). The fraction of sp³-hybridized carbons (Fsp3) is 0.133. The van der Waals surface area contributed by atoms with Gasteiger partial charge in [-0.05, 0) is 36.4 Å². The van der Waals surface area contributed by atoms with Gasteiger partial charge in [0, 0.05) is 5.69 Å². The molecule has 0 aliphatic rings. The average Bonchev–Trinajstić information content (AvgIpc) is 2.46. The van der Waals surface area contributed by atoms with Crippen LogP contribution in [-0.2, 0) is 0 Å². The van der Waals surface area contributed by atoms with Crippen LogP contribution in [0.3, 0.4) is 0 Å². The SMILES string of the molecule is COc1ccc(N)cc1C(=O)c1cc(F)ccc1OC. The van der Waals surface area contributed by atoms with Gasteiger partial charge in [-0.2, -0.15) is 0 Å². The molecule has 0 spiro atoms. The van der Waals surface area contributed by atoms with Gasteiger partial charge in [-0.3, -0.25) is 4.79 Å². The number of nitrogens with two attached hydrogens (primary N) is 1. The molecule has 20 heavy (non-hydrogen) atoms. The second-order valence-electron chi connectivity index (χ2n) is 4.13. The number of ether oxygens (including phenoxy) is 2. The van der Waals surface area contributed by atoms with Crippen LogP contribution in [0.1, 0.15) is 15.9 Å². The predicted molar refractivity (Wildman–Crippen MR) is 73.8 cm³/mol. The normalized spacial score (nSPS) is 10.2. The van der Waals surface area contributed by atoms with Crippen LogP contribution in [0, 0.1) is 5.82 Å². The van der Waals surface area contributed by atoms with Gasteiger partial charge in [-0.1, -0.05) is 0 Å². The smallest absolute Gasteiger partial charge is 0.200 e. The highest BCUT2D eigenvalue weighted by molar-refractivity contribution is 6.12. The second-order valence-corrected chi connectivity index (χ2v) is 4.13. The number of anilines is 1. The summed E-state index contributed by atoms with van der Waals surface area (Å²) in [5.74, 6) is -0.265. The van der Waals surface area contributed by atoms with Crippen molar-refractivity contribution in [3.8, 4) is 11.5 Å². The largest absolute Gasteiger partial charge is 0.496 e. The highest BCUT2D eigenvalue weighted by Gasteiger charge is 2.19. The van der Waals surface area contributed by atoms with Crippen LogP contribution < -0.4 is 15.2 Å². The van der Waals surface area contributed by atoms with Crippen LogP contribution in [0.2, 0.25) is 0 Å². The molecule has 0 aromatic heterocycles. The first-order valence-electron chi connectivity index (χ1n) is 5.88. The van der Waals surface area contributed by atoms with Gasteiger partial charge in [-0.25, -0.2) is 4.39 Å². The summed E-state index contributed by atoms with van der Waals surface area (Å²) in [5.41, 5.74) is 6.49. The highest BCUT2D eigenvalue weighted by atomic mass is 19.1. The summed E-state index contributed by atoms with van der Waals surface area (Å²) in [5, 5.41) is 0. The van der Waals surface area contributed by atoms with Crippen LogP contribution in [-0.4, -0.2) is 20.0 Å². The maximum atomic E-state index is 13.4. The molecule has 2 N–H and O–H groups in total. The van der Waals surface area contributed by atoms with E-state index in [1.54, 1.807) is 12.1 Å². The van der Waals surface area contributed by atoms with Crippen LogP contribution in [0.4, 0.5) is 10.1 Å². The van der Waals surface area contributed by atoms with E-state index in [4.69, 9.17) is 15.2 Å². The summed E-state index contributed by atoms with van der Waals surface area (Å²) in [7, 11) is 2.87. The Balaban J connectivity index is 2.56. The molecule has 2 aromatic carbocycles. The summed E-state index contributed by atoms with van der Waals surface area (Å²) in [6.45, 7) is 0. The van der Waals surface area contributed by atoms with Crippen molar-refractivity contribution in [3.05, 3.63) is 53.3 Å². The third-order valence-electron chi connectivity index (χ3n) is 2.87. The number of benzene rings is 2. The van der Waals surface area contributed by atoms with E-state index in [-0.39, 0.29) is 11.1 Å². The van der Waals surface area contributed by atoms with E-state index in [0.717, 1.165) is 6.07 Å². The van der Waals surface area contributed by atoms with Crippen molar-refractivity contribution >= 4 is 11.5 Å². The van der Waals surface area contributed by atoms with E-state index in [2.05, 4.69) is 0 Å². The first kappa shape index (κ1) is 13.9. The Kier molecular flexibility index (Phi) is 3.89. The van der Waals surface area contributed by atoms with Gasteiger partial charge in [0.2, 0.25) is 5.78 Å². The molecule has 0 aliphatic carbocycles. The first-order valence-corrected chi connectivity index (χ1v) is 5.88. The van der Waals surface area contributed by atoms with E-state index < -0.39 is 11.6 Å². The minimum Gasteiger partial charge on any atom is -0.496 e. The average molecular weight is 275 g/mol. The Labute approximate surface area is 115 Å². The van der Waals surface area contributed by atoms with E-state index in [0.29, 0.717) is 17.2 Å². The third kappa shape index (κ3) is 2.56. The summed E-state index contributed by atoms with van der Waals surface area (Å²) < 4.78 is 23.6. The zero-order chi connectivity index (χ0) is 14.7. The Morgan fingerprint density at radius 2 is 1.55 bits per heavy atom. The molecule has 5 heteroatoms. The molecule has 0 unspecified atom stereocenters. The zero-order valence-corrected chi connectivity index (χ0v) is 11.1. The number of ketones is 1. The lowest BCUT2D eigenvalue weighted by Gasteiger charge is -2.11. The fourth-order valence-electron chi connectivity index (χ4n) is 1.91. The van der Waals surface area contributed by atoms with Gasteiger partial charge in [-0.15, -0.1) is 0 Å². The molecular formula is C15H14FNO3. The van der Waals surface area contributed by atoms with E-state index in [1.807, 2.05) is 0 Å². The summed E-state index contributed by atoms with van der Waals surface area (Å²) in [4.78, 5) is 12.5. The van der Waals surface area contributed by atoms with Gasteiger partial charge in [0.25, 0.3) is 0 Å². The molecule has 0 saturated heterocycles. The number of halogens is 1. The van der Waals surface area contributed by atoms with Crippen molar-refractivity contribution < 1.29 is 18.7 Å². The maximum Gasteiger partial charge on any atom is 0.200 e. The monoisotopic (exact) mass is 275 g/mol. The van der Waals surface area contributed by atoms with Crippen LogP contribution in [0.25, 0.3) is 0 Å². The topological polar surface area (TPSA) is 61.5 Å². The Morgan fingerprint density at radius 3 is 2.15 bits per heavy atom. The zero-order valence-electron chi connectivity index (χ0n) is 11.1. The van der Waals surface area contributed by atoms with Gasteiger partial charge in [0.05, 0.1) is 25.3 Å². The number of methoxy groups -OCH3 is 2. The van der Waals surface area contributed by atoms with Gasteiger partial charge in [0.15, 0.2) is 0 Å². The lowest BCUT2D eigenvalue weighted by atomic mass is 10.0. The lowest BCUT2D eigenvalue weighted by Crippen LogP contribution is -2.07. The Morgan fingerprint density at radius 1 is 1.00 bits per heavy atom. The lowest BCUT2D eigenvalue weighted by molar-refractivity contribution is 0.103. The Hall–Kier alpha value is -2.56. The molecule has 0 atom stereocenters. The summed E-state index contributed by atoms with van der Waals surface area (Å²) >= 11 is 0. The van der Waals surface area contributed by atoms with Crippen LogP contribution in [0.15, 0.2) is 36.4 Å². The molecule has 2 aromatic rings. The molecule has 0 amide bonds. The summed E-state index contributed by atoms with van der Waals surface area (Å²) in [6, 6.07) is 8.47. The molecular weight excluding hydrogens is 261 g/mol. The summed E-state index contributed by atoms with van der Waals surface area (Å²) in [6.07, 6.45) is 0. The highest BCUT2D eigenvalue weighted by Crippen LogP contribution is 2.28. The number of carbonyl (C=O) groups is 1. The maximum absolute atomic E-state index is 13.4. The molecule has 0 aliphatic heterocycles. The molecule has 4 nitrogen and oxygen atoms in total. The first-order chi connectivity index (χ1) is 9.56. The van der Waals surface area contributed by atoms with Crippen molar-refractivity contribution in [2.75, 3.05) is 20.0 Å². The number of hydrogen-bond donors (Lipinski definition) is 1. The van der Waals surface area contributed by atoms with Crippen LogP contribution >= 0.6 is 0 Å². The van der Waals surface area contributed by atoms with Crippen molar-refractivity contribution in [2.45, 2.75) is 0 Å². The molecule has 104 valence electrons. The van der Waals surface area contributed by atoms with E-state index in [1.165, 1.54) is 32.4 Å². The number of nitrogen functional groups attached to an aromatic ring is 1. The fourth-order valence-corrected chi connectivity index (χ4v) is 1.91. The number of rotatable bonds is 4. The molecule has 0 fully saturated rings. The molecule has 0 saturated carbocycles. The van der Waals surface area contributed by atoms with Crippen molar-refractivity contribution in [1.82, 2.24) is 0 Å². The van der Waals surface area contributed by atoms with Gasteiger partial charge in [0.1, 0.15) is 17.3 Å². The standard InChI is InChI=1S/C15H14FNO3/c1-19-13-5-3-9(16)7-11(13)15(18)12-8-10(17)4-6-14(12)20-2/h3-8H,17H2,1-2H3. The second kappa shape index (κ2) is 5.61. The van der Waals surface area contributed by atoms with Gasteiger partial charge >= 0.3 is 0 Å². The van der Waals surface area contributed by atoms with Crippen molar-refractivity contribution in [1.29, 1.82) is 0 Å². The van der Waals surface area contributed by atoms with E-state index in [9.17, 15) is 9.18 Å². The Bertz CT molecular complexity index is 600. The van der Waals surface area contributed by atoms with Crippen LogP contribution in [0.5, 0.6) is 11.5 Å². The number of hydrogen-bond acceptors (Lipinski definition) is 4. The minimum absolute atomic E-state index is 0.122. The molecule has 0 heterocycles. The third-order valence-corrected chi connectivity index (χ3v) is 2.87. The molecule has 0 bridgehead atoms. The minimum atomic E-state index is -0.517. The van der Waals surface area contributed by atoms with Crippen molar-refractivity contribution in [3.63, 3.8) is 0 Å². The van der Waals surface area contributed by atoms with Gasteiger partial charge < -0.3 is 15.2 Å². The van der Waals surface area contributed by atoms with Crippen molar-refractivity contribution in [2.24, 2.45) is 0 Å². The quantitative estimate of drug-likeness (QED) is 0.688. The van der Waals surface area contributed by atoms with E-state index >= 15 is 0 Å².